The maximum absolute atomic E-state index is 13.1. The van der Waals surface area contributed by atoms with Gasteiger partial charge >= 0.3 is 23.9 Å². The molecule has 0 unspecified atom stereocenters. The van der Waals surface area contributed by atoms with Crippen LogP contribution in [0.4, 0.5) is 0 Å². The third kappa shape index (κ3) is 11.5. The Labute approximate surface area is 365 Å². The third-order valence-corrected chi connectivity index (χ3v) is 10.8. The summed E-state index contributed by atoms with van der Waals surface area (Å²) in [6.07, 6.45) is 0.981. The molecule has 300 valence electrons. The molecule has 0 saturated heterocycles. The zero-order valence-corrected chi connectivity index (χ0v) is 36.0. The van der Waals surface area contributed by atoms with Crippen LogP contribution in [-0.2, 0) is 27.4 Å². The molecule has 0 heterocycles. The number of carbonyl (C=O) groups is 4. The molecule has 2 radical (unpaired) electrons. The van der Waals surface area contributed by atoms with Crippen LogP contribution in [0.25, 0.3) is 11.1 Å². The van der Waals surface area contributed by atoms with E-state index in [1.54, 1.807) is 0 Å². The molecule has 5 rings (SSSR count). The topological polar surface area (TPSA) is 116 Å². The van der Waals surface area contributed by atoms with Gasteiger partial charge in [-0.2, -0.15) is 0 Å². The van der Waals surface area contributed by atoms with Crippen molar-refractivity contribution in [1.29, 1.82) is 0 Å². The van der Waals surface area contributed by atoms with E-state index in [9.17, 15) is 24.3 Å². The van der Waals surface area contributed by atoms with Crippen LogP contribution in [0.15, 0.2) is 84.9 Å². The summed E-state index contributed by atoms with van der Waals surface area (Å²) < 4.78 is 16.5. The maximum Gasteiger partial charge on any atom is 0.386 e. The minimum Gasteiger partial charge on any atom is -0.461 e. The normalized spacial score (nSPS) is 11.6. The molecule has 0 atom stereocenters. The summed E-state index contributed by atoms with van der Waals surface area (Å²) in [4.78, 5) is 49.4. The van der Waals surface area contributed by atoms with Gasteiger partial charge in [0.15, 0.2) is 0 Å². The van der Waals surface area contributed by atoms with Gasteiger partial charge in [0.1, 0.15) is 5.75 Å². The molecule has 0 aliphatic heterocycles. The first-order valence-corrected chi connectivity index (χ1v) is 19.8. The van der Waals surface area contributed by atoms with E-state index in [0.29, 0.717) is 22.9 Å². The highest BCUT2D eigenvalue weighted by Gasteiger charge is 2.27. The van der Waals surface area contributed by atoms with E-state index < -0.39 is 34.7 Å². The van der Waals surface area contributed by atoms with Gasteiger partial charge in [0.25, 0.3) is 0 Å². The number of benzene rings is 5. The van der Waals surface area contributed by atoms with E-state index in [1.165, 1.54) is 48.5 Å². The highest BCUT2D eigenvalue weighted by atomic mass is 35.5. The number of rotatable bonds is 14. The molecule has 0 aliphatic carbocycles. The summed E-state index contributed by atoms with van der Waals surface area (Å²) in [7, 11) is 0. The van der Waals surface area contributed by atoms with Crippen LogP contribution in [0.2, 0.25) is 30.1 Å². The first-order valence-electron chi connectivity index (χ1n) is 17.5. The SMILES string of the molecule is CC(C)(COC(=O)c1c(Cl)c[c]cc1Cl)Cc1ccc(-c2ccc(CC(C)(C)COC(=O)c3c(Cl)cc(OC(=O)c4ccc(C([O])=O)cc4)cc3Cl)c(Cl)c2)cc1Cl. The highest BCUT2D eigenvalue weighted by molar-refractivity contribution is 6.40. The fraction of sp³-hybridized carbons (Fsp3) is 0.227. The number of esters is 3. The van der Waals surface area contributed by atoms with E-state index >= 15 is 0 Å². The molecule has 0 N–H and O–H groups in total. The minimum absolute atomic E-state index is 0.00568. The zero-order valence-electron chi connectivity index (χ0n) is 31.4. The van der Waals surface area contributed by atoms with Gasteiger partial charge in [0, 0.05) is 33.0 Å². The van der Waals surface area contributed by atoms with Crippen molar-refractivity contribution in [1.82, 2.24) is 0 Å². The molecular formula is C44H34Cl6O8. The number of halogens is 6. The van der Waals surface area contributed by atoms with Crippen molar-refractivity contribution >= 4 is 93.5 Å². The van der Waals surface area contributed by atoms with Gasteiger partial charge in [-0.25, -0.2) is 24.3 Å². The summed E-state index contributed by atoms with van der Waals surface area (Å²) in [5.41, 5.74) is 2.35. The van der Waals surface area contributed by atoms with Crippen LogP contribution in [0.3, 0.4) is 0 Å². The number of carbonyl (C=O) groups excluding carboxylic acids is 4. The van der Waals surface area contributed by atoms with Crippen LogP contribution in [0.5, 0.6) is 5.75 Å². The van der Waals surface area contributed by atoms with Crippen molar-refractivity contribution in [2.45, 2.75) is 40.5 Å². The Kier molecular flexibility index (Phi) is 14.5. The Morgan fingerprint density at radius 2 is 0.948 bits per heavy atom. The Morgan fingerprint density at radius 1 is 0.534 bits per heavy atom. The lowest BCUT2D eigenvalue weighted by atomic mass is 9.85. The lowest BCUT2D eigenvalue weighted by Crippen LogP contribution is -2.25. The first kappa shape index (κ1) is 44.8. The molecule has 0 bridgehead atoms. The Morgan fingerprint density at radius 3 is 1.36 bits per heavy atom. The molecule has 0 spiro atoms. The van der Waals surface area contributed by atoms with E-state index in [1.807, 2.05) is 64.1 Å². The van der Waals surface area contributed by atoms with Gasteiger partial charge < -0.3 is 14.2 Å². The molecule has 0 saturated carbocycles. The maximum atomic E-state index is 13.1. The molecule has 14 heteroatoms. The van der Waals surface area contributed by atoms with Crippen LogP contribution >= 0.6 is 69.6 Å². The van der Waals surface area contributed by atoms with Crippen molar-refractivity contribution < 1.29 is 38.5 Å². The van der Waals surface area contributed by atoms with Gasteiger partial charge in [-0.1, -0.05) is 122 Å². The lowest BCUT2D eigenvalue weighted by molar-refractivity contribution is 0.0335. The smallest absolute Gasteiger partial charge is 0.386 e. The molecule has 5 aromatic rings. The van der Waals surface area contributed by atoms with Crippen LogP contribution in [0.1, 0.15) is 80.3 Å². The lowest BCUT2D eigenvalue weighted by Gasteiger charge is -2.25. The van der Waals surface area contributed by atoms with Crippen molar-refractivity contribution in [2.24, 2.45) is 10.8 Å². The molecule has 5 aromatic carbocycles. The fourth-order valence-electron chi connectivity index (χ4n) is 5.89. The Hall–Kier alpha value is -4.28. The molecule has 58 heavy (non-hydrogen) atoms. The third-order valence-electron chi connectivity index (χ3n) is 8.85. The molecule has 0 aromatic heterocycles. The van der Waals surface area contributed by atoms with E-state index in [0.717, 1.165) is 22.3 Å². The number of hydrogen-bond donors (Lipinski definition) is 0. The van der Waals surface area contributed by atoms with E-state index in [-0.39, 0.29) is 61.3 Å². The standard InChI is InChI=1S/C44H34Cl6O8/c1-43(2,22-56-41(54)37-31(45)6-5-7-32(37)46)20-28-14-12-26(16-33(28)47)27-13-15-29(34(48)17-27)21-44(3,4)23-57-42(55)38-35(49)18-30(19-36(38)50)58-40(53)25-10-8-24(9-11-25)39(51)52/h6-19H,20-23H2,1-4H3. The first-order chi connectivity index (χ1) is 27.2. The van der Waals surface area contributed by atoms with Crippen LogP contribution in [0, 0.1) is 16.9 Å². The molecule has 8 nitrogen and oxygen atoms in total. The largest absolute Gasteiger partial charge is 0.461 e. The van der Waals surface area contributed by atoms with Gasteiger partial charge in [0.2, 0.25) is 0 Å². The summed E-state index contributed by atoms with van der Waals surface area (Å²) >= 11 is 38.6. The monoisotopic (exact) mass is 900 g/mol. The van der Waals surface area contributed by atoms with Gasteiger partial charge in [0.05, 0.1) is 55.6 Å². The quantitative estimate of drug-likeness (QED) is 0.0805. The predicted molar refractivity (Wildman–Crippen MR) is 226 cm³/mol. The van der Waals surface area contributed by atoms with Crippen LogP contribution in [-0.4, -0.2) is 37.1 Å². The second-order valence-electron chi connectivity index (χ2n) is 15.0. The van der Waals surface area contributed by atoms with Crippen molar-refractivity contribution in [3.05, 3.63) is 155 Å². The Bertz CT molecular complexity index is 2350. The summed E-state index contributed by atoms with van der Waals surface area (Å²) in [6, 6.07) is 24.6. The minimum atomic E-state index is -1.38. The van der Waals surface area contributed by atoms with E-state index in [2.05, 4.69) is 6.07 Å². The molecule has 0 fully saturated rings. The van der Waals surface area contributed by atoms with Gasteiger partial charge in [-0.3, -0.25) is 0 Å². The molecule has 0 aliphatic rings. The Balaban J connectivity index is 1.17. The highest BCUT2D eigenvalue weighted by Crippen LogP contribution is 2.36. The zero-order chi connectivity index (χ0) is 42.5. The summed E-state index contributed by atoms with van der Waals surface area (Å²) in [5.74, 6) is -3.60. The van der Waals surface area contributed by atoms with Crippen molar-refractivity contribution in [2.75, 3.05) is 13.2 Å². The summed E-state index contributed by atoms with van der Waals surface area (Å²) in [5, 5.41) is 12.2. The number of hydrogen-bond acceptors (Lipinski definition) is 7. The predicted octanol–water partition coefficient (Wildman–Crippen LogP) is 12.7. The number of ether oxygens (including phenoxy) is 3. The molecule has 0 amide bonds. The van der Waals surface area contributed by atoms with Gasteiger partial charge in [-0.15, -0.1) is 0 Å². The van der Waals surface area contributed by atoms with Gasteiger partial charge in [-0.05, 0) is 89.7 Å². The average molecular weight is 903 g/mol. The van der Waals surface area contributed by atoms with E-state index in [4.69, 9.17) is 83.8 Å². The second kappa shape index (κ2) is 18.8. The average Bonchev–Trinajstić information content (AvgIpc) is 3.14. The van der Waals surface area contributed by atoms with Crippen molar-refractivity contribution in [3.8, 4) is 16.9 Å². The van der Waals surface area contributed by atoms with Crippen LogP contribution < -0.4 is 4.74 Å². The fourth-order valence-corrected chi connectivity index (χ4v) is 7.54. The second-order valence-corrected chi connectivity index (χ2v) is 17.4. The summed E-state index contributed by atoms with van der Waals surface area (Å²) in [6.45, 7) is 7.86. The van der Waals surface area contributed by atoms with Crippen molar-refractivity contribution in [3.63, 3.8) is 0 Å². The molecular weight excluding hydrogens is 869 g/mol.